The molecule has 32 heteroatoms. The van der Waals surface area contributed by atoms with E-state index >= 15 is 0 Å². The Morgan fingerprint density at radius 2 is 0.627 bits per heavy atom. The van der Waals surface area contributed by atoms with E-state index in [1.807, 2.05) is 182 Å². The summed E-state index contributed by atoms with van der Waals surface area (Å²) in [6.45, 7) is 0. The van der Waals surface area contributed by atoms with Crippen molar-refractivity contribution in [2.24, 2.45) is 11.5 Å². The number of rotatable bonds is 6. The minimum atomic E-state index is -0.591. The Bertz CT molecular complexity index is 2970. The fraction of sp³-hybridized carbons (Fsp3) is 0.0588. The molecule has 0 saturated carbocycles. The first kappa shape index (κ1) is 84.3. The third-order valence-electron chi connectivity index (χ3n) is 7.50. The molecule has 2 aromatic heterocycles. The van der Waals surface area contributed by atoms with Crippen molar-refractivity contribution in [2.45, 2.75) is 7.43 Å². The quantitative estimate of drug-likeness (QED) is 0.0303. The number of aromatic nitrogens is 2. The second-order valence-corrected chi connectivity index (χ2v) is 26.2. The highest BCUT2D eigenvalue weighted by Gasteiger charge is 2.06. The smallest absolute Gasteiger partial charge is 0.337 e. The van der Waals surface area contributed by atoms with E-state index in [2.05, 4.69) is 56.4 Å². The van der Waals surface area contributed by atoms with Gasteiger partial charge in [0.15, 0.2) is 0 Å². The summed E-state index contributed by atoms with van der Waals surface area (Å²) in [6, 6.07) is 56.9. The monoisotopic (exact) mass is 1500 g/mol. The molecule has 2 heterocycles. The lowest BCUT2D eigenvalue weighted by atomic mass is 10.2. The van der Waals surface area contributed by atoms with Crippen molar-refractivity contribution in [1.29, 1.82) is 10.8 Å². The summed E-state index contributed by atoms with van der Waals surface area (Å²) in [5.41, 5.74) is 16.1. The van der Waals surface area contributed by atoms with Gasteiger partial charge in [-0.3, -0.25) is 39.6 Å². The Hall–Kier alpha value is -2.90. The fourth-order valence-corrected chi connectivity index (χ4v) is 10.8. The van der Waals surface area contributed by atoms with Crippen LogP contribution >= 0.6 is 222 Å². The van der Waals surface area contributed by atoms with Crippen LogP contribution in [0.4, 0.5) is 19.2 Å². The van der Waals surface area contributed by atoms with Gasteiger partial charge >= 0.3 is 9.75 Å². The molecular formula is C51H46Cl8N6O6S12. The standard InChI is InChI=1S/2C8H6ClNOS2.2C8H5NOS2.2C7H7NS.2CCl2OS.2CH3Cl.CH4/c2*9-8(11)13-12-7(10)6-4-2-1-3-5-6;2*10-8-9-7(11-12-8)6-4-2-1-3-5-6;2*8-7(9)6-4-2-1-3-5-6;2*2-1(4)5-3;2*1-2;/h2*1-5,10H;2*1-5H;2*1-5H,(H2,8,9);;;2*1H3;1H4. The molecule has 0 atom stereocenters. The van der Waals surface area contributed by atoms with Gasteiger partial charge in [0.2, 0.25) is 0 Å². The van der Waals surface area contributed by atoms with Gasteiger partial charge in [0.1, 0.15) is 30.1 Å². The Morgan fingerprint density at radius 3 is 0.795 bits per heavy atom. The molecule has 0 spiro atoms. The minimum absolute atomic E-state index is 0. The number of carbonyl (C=O) groups is 4. The number of hydrogen-bond acceptors (Lipinski definition) is 22. The van der Waals surface area contributed by atoms with Gasteiger partial charge < -0.3 is 11.5 Å². The number of halogens is 8. The predicted molar refractivity (Wildman–Crippen MR) is 387 cm³/mol. The molecule has 0 bridgehead atoms. The summed E-state index contributed by atoms with van der Waals surface area (Å²) in [5, 5.41) is 17.4. The van der Waals surface area contributed by atoms with E-state index in [-0.39, 0.29) is 17.2 Å². The molecule has 12 nitrogen and oxygen atoms in total. The van der Waals surface area contributed by atoms with E-state index in [1.165, 1.54) is 54.1 Å². The van der Waals surface area contributed by atoms with Crippen LogP contribution in [0.1, 0.15) is 29.7 Å². The molecule has 8 rings (SSSR count). The van der Waals surface area contributed by atoms with Gasteiger partial charge in [-0.2, -0.15) is 9.97 Å². The fourth-order valence-electron chi connectivity index (χ4n) is 4.41. The molecule has 444 valence electrons. The number of hydrogen-bond donors (Lipinski definition) is 4. The Morgan fingerprint density at radius 1 is 0.410 bits per heavy atom. The minimum Gasteiger partial charge on any atom is -0.389 e. The predicted octanol–water partition coefficient (Wildman–Crippen LogP) is 21.4. The Kier molecular flexibility index (Phi) is 56.5. The maximum absolute atomic E-state index is 10.8. The van der Waals surface area contributed by atoms with Crippen molar-refractivity contribution >= 4 is 260 Å². The first-order valence-corrected chi connectivity index (χ1v) is 36.8. The summed E-state index contributed by atoms with van der Waals surface area (Å²) < 4.78 is -2.20. The summed E-state index contributed by atoms with van der Waals surface area (Å²) in [4.78, 5) is 69.6. The van der Waals surface area contributed by atoms with E-state index < -0.39 is 18.3 Å². The van der Waals surface area contributed by atoms with Crippen molar-refractivity contribution in [1.82, 2.24) is 9.97 Å². The lowest BCUT2D eigenvalue weighted by Crippen LogP contribution is -2.08. The summed E-state index contributed by atoms with van der Waals surface area (Å²) in [5.74, 6) is 0. The van der Waals surface area contributed by atoms with E-state index in [1.54, 1.807) is 0 Å². The van der Waals surface area contributed by atoms with Crippen molar-refractivity contribution in [2.75, 3.05) is 12.8 Å². The molecule has 0 amide bonds. The van der Waals surface area contributed by atoms with Crippen LogP contribution in [0.5, 0.6) is 0 Å². The molecule has 8 aromatic rings. The molecule has 83 heavy (non-hydrogen) atoms. The van der Waals surface area contributed by atoms with E-state index in [0.29, 0.717) is 42.0 Å². The third kappa shape index (κ3) is 46.0. The zero-order valence-electron chi connectivity index (χ0n) is 41.7. The number of benzene rings is 6. The van der Waals surface area contributed by atoms with Crippen molar-refractivity contribution < 1.29 is 19.2 Å². The second-order valence-electron chi connectivity index (χ2n) is 12.7. The van der Waals surface area contributed by atoms with Crippen LogP contribution in [-0.4, -0.2) is 61.1 Å². The number of carbonyl (C=O) groups excluding carboxylic acids is 4. The maximum Gasteiger partial charge on any atom is 0.337 e. The van der Waals surface area contributed by atoms with Crippen LogP contribution in [0.15, 0.2) is 192 Å². The highest BCUT2D eigenvalue weighted by atomic mass is 35.7. The zero-order chi connectivity index (χ0) is 62.1. The molecule has 6 N–H and O–H groups in total. The zero-order valence-corrected chi connectivity index (χ0v) is 57.6. The van der Waals surface area contributed by atoms with Crippen LogP contribution in [0.2, 0.25) is 0 Å². The van der Waals surface area contributed by atoms with E-state index in [9.17, 15) is 28.8 Å². The summed E-state index contributed by atoms with van der Waals surface area (Å²) in [7, 11) is 19.5. The largest absolute Gasteiger partial charge is 0.389 e. The van der Waals surface area contributed by atoms with Gasteiger partial charge in [-0.05, 0) is 110 Å². The maximum atomic E-state index is 10.8. The topological polar surface area (TPSA) is 228 Å². The molecule has 0 radical (unpaired) electrons. The number of nitrogens with zero attached hydrogens (tertiary/aromatic N) is 2. The normalized spacial score (nSPS) is 8.89. The molecule has 0 aliphatic heterocycles. The number of nitrogens with one attached hydrogen (secondary N) is 2. The highest BCUT2D eigenvalue weighted by molar-refractivity contribution is 8.88. The van der Waals surface area contributed by atoms with Crippen molar-refractivity contribution in [3.05, 3.63) is 224 Å². The third-order valence-corrected chi connectivity index (χ3v) is 18.6. The highest BCUT2D eigenvalue weighted by Crippen LogP contribution is 2.29. The van der Waals surface area contributed by atoms with Crippen molar-refractivity contribution in [3.8, 4) is 21.1 Å². The van der Waals surface area contributed by atoms with Gasteiger partial charge in [0.05, 0.1) is 0 Å². The first-order valence-electron chi connectivity index (χ1n) is 21.1. The number of alkyl halides is 2. The average molecular weight is 1510 g/mol. The van der Waals surface area contributed by atoms with E-state index in [4.69, 9.17) is 91.3 Å². The van der Waals surface area contributed by atoms with Crippen LogP contribution in [-0.2, 0) is 0 Å². The molecule has 6 aromatic carbocycles. The van der Waals surface area contributed by atoms with E-state index in [0.717, 1.165) is 86.6 Å². The lowest BCUT2D eigenvalue weighted by Gasteiger charge is -1.99. The molecular weight excluding hydrogens is 1460 g/mol. The van der Waals surface area contributed by atoms with Gasteiger partial charge in [-0.1, -0.05) is 235 Å². The van der Waals surface area contributed by atoms with Gasteiger partial charge in [0.25, 0.3) is 18.3 Å². The van der Waals surface area contributed by atoms with Crippen LogP contribution in [0.25, 0.3) is 21.1 Å². The average Bonchev–Trinajstić information content (AvgIpc) is 4.23. The van der Waals surface area contributed by atoms with Crippen LogP contribution in [0, 0.1) is 10.8 Å². The Labute approximate surface area is 569 Å². The van der Waals surface area contributed by atoms with Gasteiger partial charge in [0, 0.05) is 89.7 Å². The second kappa shape index (κ2) is 55.7. The molecule has 0 fully saturated rings. The SMILES string of the molecule is C.CCl.CCl.N=C(SSC(=O)Cl)c1ccccc1.N=C(SSC(=O)Cl)c1ccccc1.NC(=S)c1ccccc1.NC(=S)c1ccccc1.O=C(Cl)SCl.O=C(Cl)SCl.O=c1nc(-c2ccccc2)ss1.O=c1nc(-c2ccccc2)ss1. The molecule has 0 unspecified atom stereocenters. The number of thiocarbonyl (C=S) groups is 2. The molecule has 0 aliphatic rings. The van der Waals surface area contributed by atoms with Gasteiger partial charge in [-0.15, -0.1) is 23.2 Å². The Balaban J connectivity index is -0.000000886. The lowest BCUT2D eigenvalue weighted by molar-refractivity contribution is 0.275. The van der Waals surface area contributed by atoms with Crippen LogP contribution < -0.4 is 21.2 Å². The van der Waals surface area contributed by atoms with Gasteiger partial charge in [-0.25, -0.2) is 0 Å². The summed E-state index contributed by atoms with van der Waals surface area (Å²) >= 11 is 38.3. The number of nitrogens with two attached hydrogens (primary N) is 2. The summed E-state index contributed by atoms with van der Waals surface area (Å²) in [6.07, 6.45) is 2.94. The molecule has 0 saturated heterocycles. The first-order chi connectivity index (χ1) is 39.3. The molecule has 0 aliphatic carbocycles. The van der Waals surface area contributed by atoms with Crippen LogP contribution in [0.3, 0.4) is 0 Å². The van der Waals surface area contributed by atoms with Crippen molar-refractivity contribution in [3.63, 3.8) is 0 Å².